The van der Waals surface area contributed by atoms with Crippen molar-refractivity contribution in [1.29, 1.82) is 0 Å². The van der Waals surface area contributed by atoms with Gasteiger partial charge in [0.15, 0.2) is 11.5 Å². The van der Waals surface area contributed by atoms with Crippen molar-refractivity contribution in [3.05, 3.63) is 35.9 Å². The topological polar surface area (TPSA) is 73.9 Å². The van der Waals surface area contributed by atoms with Crippen molar-refractivity contribution in [2.75, 3.05) is 20.4 Å². The van der Waals surface area contributed by atoms with Crippen molar-refractivity contribution in [2.24, 2.45) is 11.8 Å². The number of benzene rings is 1. The molecule has 25 heavy (non-hydrogen) atoms. The molecule has 134 valence electrons. The van der Waals surface area contributed by atoms with Crippen molar-refractivity contribution < 1.29 is 23.8 Å². The van der Waals surface area contributed by atoms with E-state index < -0.39 is 5.92 Å². The van der Waals surface area contributed by atoms with Crippen LogP contribution in [0, 0.1) is 11.8 Å². The number of fused-ring (bicyclic) bond motifs is 1. The first-order chi connectivity index (χ1) is 12.2. The molecule has 0 saturated heterocycles. The van der Waals surface area contributed by atoms with E-state index in [-0.39, 0.29) is 31.1 Å². The Morgan fingerprint density at radius 2 is 2.12 bits per heavy atom. The fourth-order valence-corrected chi connectivity index (χ4v) is 3.16. The first kappa shape index (κ1) is 17.3. The summed E-state index contributed by atoms with van der Waals surface area (Å²) in [4.78, 5) is 24.4. The standard InChI is InChI=1S/C19H23NO5/c1-23-19(22)15(11-20-18(21)14-5-3-2-4-6-14)9-13-7-8-16-17(10-13)25-12-24-16/h2-3,7-8,10,14-15H,4-6,9,11-12H2,1H3,(H,20,21)/t14-,15+/m0/s1. The molecule has 1 aromatic rings. The third-order valence-electron chi connectivity index (χ3n) is 4.62. The van der Waals surface area contributed by atoms with E-state index in [4.69, 9.17) is 14.2 Å². The molecular weight excluding hydrogens is 322 g/mol. The Kier molecular flexibility index (Phi) is 5.58. The van der Waals surface area contributed by atoms with Gasteiger partial charge < -0.3 is 19.5 Å². The van der Waals surface area contributed by atoms with Crippen molar-refractivity contribution in [2.45, 2.75) is 25.7 Å². The molecule has 6 nitrogen and oxygen atoms in total. The number of carbonyl (C=O) groups is 2. The van der Waals surface area contributed by atoms with Gasteiger partial charge in [-0.25, -0.2) is 0 Å². The lowest BCUT2D eigenvalue weighted by Gasteiger charge is -2.20. The highest BCUT2D eigenvalue weighted by atomic mass is 16.7. The number of rotatable bonds is 6. The van der Waals surface area contributed by atoms with Crippen molar-refractivity contribution >= 4 is 11.9 Å². The summed E-state index contributed by atoms with van der Waals surface area (Å²) in [5, 5.41) is 2.91. The highest BCUT2D eigenvalue weighted by molar-refractivity contribution is 5.80. The van der Waals surface area contributed by atoms with Crippen LogP contribution in [0.5, 0.6) is 11.5 Å². The number of ether oxygens (including phenoxy) is 3. The van der Waals surface area contributed by atoms with E-state index in [9.17, 15) is 9.59 Å². The molecule has 0 spiro atoms. The highest BCUT2D eigenvalue weighted by Crippen LogP contribution is 2.33. The molecule has 0 radical (unpaired) electrons. The molecule has 0 unspecified atom stereocenters. The fraction of sp³-hybridized carbons (Fsp3) is 0.474. The lowest BCUT2D eigenvalue weighted by Crippen LogP contribution is -2.38. The third kappa shape index (κ3) is 4.32. The van der Waals surface area contributed by atoms with Crippen LogP contribution >= 0.6 is 0 Å². The molecule has 0 bridgehead atoms. The average molecular weight is 345 g/mol. The lowest BCUT2D eigenvalue weighted by atomic mass is 9.93. The van der Waals surface area contributed by atoms with Crippen LogP contribution in [0.4, 0.5) is 0 Å². The predicted molar refractivity (Wildman–Crippen MR) is 91.3 cm³/mol. The van der Waals surface area contributed by atoms with Gasteiger partial charge in [0.05, 0.1) is 13.0 Å². The van der Waals surface area contributed by atoms with Gasteiger partial charge in [-0.05, 0) is 43.4 Å². The van der Waals surface area contributed by atoms with E-state index >= 15 is 0 Å². The second-order valence-corrected chi connectivity index (χ2v) is 6.34. The summed E-state index contributed by atoms with van der Waals surface area (Å²) >= 11 is 0. The van der Waals surface area contributed by atoms with E-state index in [0.29, 0.717) is 17.9 Å². The molecule has 1 aliphatic carbocycles. The zero-order valence-electron chi connectivity index (χ0n) is 14.3. The first-order valence-corrected chi connectivity index (χ1v) is 8.56. The summed E-state index contributed by atoms with van der Waals surface area (Å²) in [6, 6.07) is 5.60. The Hall–Kier alpha value is -2.50. The van der Waals surface area contributed by atoms with Crippen LogP contribution in [-0.4, -0.2) is 32.3 Å². The summed E-state index contributed by atoms with van der Waals surface area (Å²) in [6.07, 6.45) is 7.15. The number of allylic oxidation sites excluding steroid dienone is 2. The summed E-state index contributed by atoms with van der Waals surface area (Å²) in [6.45, 7) is 0.477. The van der Waals surface area contributed by atoms with Crippen LogP contribution in [0.1, 0.15) is 24.8 Å². The Balaban J connectivity index is 1.60. The second kappa shape index (κ2) is 8.05. The molecule has 6 heteroatoms. The minimum Gasteiger partial charge on any atom is -0.469 e. The van der Waals surface area contributed by atoms with Gasteiger partial charge in [-0.15, -0.1) is 0 Å². The molecular formula is C19H23NO5. The summed E-state index contributed by atoms with van der Waals surface area (Å²) in [7, 11) is 1.36. The Labute approximate surface area is 147 Å². The maximum Gasteiger partial charge on any atom is 0.310 e. The Morgan fingerprint density at radius 1 is 1.28 bits per heavy atom. The van der Waals surface area contributed by atoms with Gasteiger partial charge in [0.1, 0.15) is 0 Å². The SMILES string of the molecule is COC(=O)[C@@H](CNC(=O)[C@H]1CC=CCC1)Cc1ccc2c(c1)OCO2. The van der Waals surface area contributed by atoms with E-state index in [1.54, 1.807) is 0 Å². The molecule has 3 rings (SSSR count). The maximum absolute atomic E-state index is 12.3. The predicted octanol–water partition coefficient (Wildman–Crippen LogP) is 2.22. The molecule has 0 saturated carbocycles. The zero-order chi connectivity index (χ0) is 17.6. The van der Waals surface area contributed by atoms with Gasteiger partial charge in [-0.3, -0.25) is 9.59 Å². The van der Waals surface area contributed by atoms with Crippen LogP contribution in [0.15, 0.2) is 30.4 Å². The third-order valence-corrected chi connectivity index (χ3v) is 4.62. The number of carbonyl (C=O) groups excluding carboxylic acids is 2. The molecule has 0 aromatic heterocycles. The average Bonchev–Trinajstić information content (AvgIpc) is 3.12. The lowest BCUT2D eigenvalue weighted by molar-refractivity contribution is -0.145. The van der Waals surface area contributed by atoms with E-state index in [1.807, 2.05) is 24.3 Å². The summed E-state index contributed by atoms with van der Waals surface area (Å²) < 4.78 is 15.6. The molecule has 2 aliphatic rings. The summed E-state index contributed by atoms with van der Waals surface area (Å²) in [5.74, 6) is 0.615. The molecule has 1 aromatic carbocycles. The fourth-order valence-electron chi connectivity index (χ4n) is 3.16. The van der Waals surface area contributed by atoms with Crippen LogP contribution in [0.3, 0.4) is 0 Å². The molecule has 0 fully saturated rings. The minimum atomic E-state index is -0.437. The van der Waals surface area contributed by atoms with Gasteiger partial charge in [-0.1, -0.05) is 18.2 Å². The number of nitrogens with one attached hydrogen (secondary N) is 1. The van der Waals surface area contributed by atoms with Gasteiger partial charge in [0, 0.05) is 12.5 Å². The van der Waals surface area contributed by atoms with Gasteiger partial charge in [0.2, 0.25) is 12.7 Å². The highest BCUT2D eigenvalue weighted by Gasteiger charge is 2.24. The van der Waals surface area contributed by atoms with Gasteiger partial charge in [0.25, 0.3) is 0 Å². The molecule has 1 aliphatic heterocycles. The maximum atomic E-state index is 12.3. The van der Waals surface area contributed by atoms with E-state index in [1.165, 1.54) is 7.11 Å². The van der Waals surface area contributed by atoms with E-state index in [2.05, 4.69) is 11.4 Å². The zero-order valence-corrected chi connectivity index (χ0v) is 14.3. The van der Waals surface area contributed by atoms with Crippen molar-refractivity contribution in [3.8, 4) is 11.5 Å². The minimum absolute atomic E-state index is 0.00365. The molecule has 1 heterocycles. The van der Waals surface area contributed by atoms with Gasteiger partial charge in [-0.2, -0.15) is 0 Å². The number of methoxy groups -OCH3 is 1. The monoisotopic (exact) mass is 345 g/mol. The molecule has 2 atom stereocenters. The Bertz CT molecular complexity index is 670. The number of esters is 1. The molecule has 1 N–H and O–H groups in total. The normalized spacial score (nSPS) is 19.3. The number of hydrogen-bond donors (Lipinski definition) is 1. The van der Waals surface area contributed by atoms with Crippen LogP contribution in [0.25, 0.3) is 0 Å². The molecule has 1 amide bonds. The second-order valence-electron chi connectivity index (χ2n) is 6.34. The number of amides is 1. The van der Waals surface area contributed by atoms with Crippen LogP contribution < -0.4 is 14.8 Å². The van der Waals surface area contributed by atoms with Crippen molar-refractivity contribution in [3.63, 3.8) is 0 Å². The van der Waals surface area contributed by atoms with E-state index in [0.717, 1.165) is 24.8 Å². The quantitative estimate of drug-likeness (QED) is 0.632. The van der Waals surface area contributed by atoms with Crippen molar-refractivity contribution in [1.82, 2.24) is 5.32 Å². The Morgan fingerprint density at radius 3 is 2.88 bits per heavy atom. The largest absolute Gasteiger partial charge is 0.469 e. The van der Waals surface area contributed by atoms with Crippen LogP contribution in [-0.2, 0) is 20.7 Å². The first-order valence-electron chi connectivity index (χ1n) is 8.56. The smallest absolute Gasteiger partial charge is 0.310 e. The van der Waals surface area contributed by atoms with Gasteiger partial charge >= 0.3 is 5.97 Å². The number of hydrogen-bond acceptors (Lipinski definition) is 5. The summed E-state index contributed by atoms with van der Waals surface area (Å²) in [5.41, 5.74) is 0.939. The van der Waals surface area contributed by atoms with Crippen LogP contribution in [0.2, 0.25) is 0 Å².